The number of hydrogen-bond acceptors (Lipinski definition) is 3. The van der Waals surface area contributed by atoms with E-state index in [2.05, 4.69) is 21.2 Å². The number of halogens is 2. The molecule has 5 nitrogen and oxygen atoms in total. The van der Waals surface area contributed by atoms with Crippen LogP contribution in [-0.4, -0.2) is 31.4 Å². The standard InChI is InChI=1S/C16H16BrFN2O3S/c1-24(22,23)20(10-12-4-2-3-5-15(12)18)11-16(21)19-14-8-6-13(17)7-9-14/h2-9H,10-11H2,1H3,(H,19,21). The predicted octanol–water partition coefficient (Wildman–Crippen LogP) is 2.99. The second kappa shape index (κ2) is 7.87. The number of carbonyl (C=O) groups excluding carboxylic acids is 1. The van der Waals surface area contributed by atoms with E-state index in [9.17, 15) is 17.6 Å². The van der Waals surface area contributed by atoms with Crippen LogP contribution in [0.5, 0.6) is 0 Å². The van der Waals surface area contributed by atoms with Crippen molar-refractivity contribution in [3.8, 4) is 0 Å². The van der Waals surface area contributed by atoms with E-state index in [0.717, 1.165) is 15.0 Å². The van der Waals surface area contributed by atoms with Crippen LogP contribution in [0.4, 0.5) is 10.1 Å². The van der Waals surface area contributed by atoms with Gasteiger partial charge in [-0.2, -0.15) is 4.31 Å². The van der Waals surface area contributed by atoms with E-state index in [1.165, 1.54) is 18.2 Å². The van der Waals surface area contributed by atoms with E-state index in [1.807, 2.05) is 0 Å². The number of amides is 1. The average Bonchev–Trinajstić information content (AvgIpc) is 2.50. The fourth-order valence-corrected chi connectivity index (χ4v) is 2.99. The molecule has 0 bridgehead atoms. The maximum Gasteiger partial charge on any atom is 0.239 e. The molecular formula is C16H16BrFN2O3S. The van der Waals surface area contributed by atoms with E-state index in [1.54, 1.807) is 30.3 Å². The second-order valence-corrected chi connectivity index (χ2v) is 8.08. The molecular weight excluding hydrogens is 399 g/mol. The van der Waals surface area contributed by atoms with Gasteiger partial charge in [-0.3, -0.25) is 4.79 Å². The molecule has 0 aromatic heterocycles. The van der Waals surface area contributed by atoms with Crippen LogP contribution in [0.3, 0.4) is 0 Å². The SMILES string of the molecule is CS(=O)(=O)N(CC(=O)Nc1ccc(Br)cc1)Cc1ccccc1F. The van der Waals surface area contributed by atoms with Crippen LogP contribution in [0, 0.1) is 5.82 Å². The molecule has 0 atom stereocenters. The van der Waals surface area contributed by atoms with Crippen molar-refractivity contribution in [2.45, 2.75) is 6.54 Å². The topological polar surface area (TPSA) is 66.5 Å². The van der Waals surface area contributed by atoms with Gasteiger partial charge in [-0.15, -0.1) is 0 Å². The number of sulfonamides is 1. The smallest absolute Gasteiger partial charge is 0.239 e. The molecule has 0 saturated carbocycles. The van der Waals surface area contributed by atoms with Gasteiger partial charge in [-0.1, -0.05) is 34.1 Å². The van der Waals surface area contributed by atoms with E-state index in [0.29, 0.717) is 5.69 Å². The van der Waals surface area contributed by atoms with E-state index < -0.39 is 28.3 Å². The fourth-order valence-electron chi connectivity index (χ4n) is 2.00. The van der Waals surface area contributed by atoms with Gasteiger partial charge in [-0.25, -0.2) is 12.8 Å². The summed E-state index contributed by atoms with van der Waals surface area (Å²) in [5, 5.41) is 2.61. The highest BCUT2D eigenvalue weighted by molar-refractivity contribution is 9.10. The van der Waals surface area contributed by atoms with E-state index in [-0.39, 0.29) is 12.1 Å². The Hall–Kier alpha value is -1.77. The van der Waals surface area contributed by atoms with E-state index in [4.69, 9.17) is 0 Å². The Balaban J connectivity index is 2.10. The highest BCUT2D eigenvalue weighted by Gasteiger charge is 2.21. The lowest BCUT2D eigenvalue weighted by atomic mass is 10.2. The van der Waals surface area contributed by atoms with Crippen molar-refractivity contribution in [1.29, 1.82) is 0 Å². The Morgan fingerprint density at radius 2 is 1.79 bits per heavy atom. The minimum absolute atomic E-state index is 0.208. The molecule has 2 aromatic rings. The second-order valence-electron chi connectivity index (χ2n) is 5.18. The summed E-state index contributed by atoms with van der Waals surface area (Å²) < 4.78 is 39.3. The van der Waals surface area contributed by atoms with Crippen LogP contribution < -0.4 is 5.32 Å². The zero-order valence-corrected chi connectivity index (χ0v) is 15.3. The maximum absolute atomic E-state index is 13.7. The lowest BCUT2D eigenvalue weighted by molar-refractivity contribution is -0.116. The highest BCUT2D eigenvalue weighted by atomic mass is 79.9. The van der Waals surface area contributed by atoms with Gasteiger partial charge in [0.2, 0.25) is 15.9 Å². The Labute approximate surface area is 148 Å². The molecule has 0 radical (unpaired) electrons. The van der Waals surface area contributed by atoms with Crippen molar-refractivity contribution < 1.29 is 17.6 Å². The number of carbonyl (C=O) groups is 1. The van der Waals surface area contributed by atoms with Gasteiger partial charge in [0, 0.05) is 22.3 Å². The van der Waals surface area contributed by atoms with Crippen LogP contribution in [0.2, 0.25) is 0 Å². The third kappa shape index (κ3) is 5.40. The van der Waals surface area contributed by atoms with Crippen LogP contribution in [0.1, 0.15) is 5.56 Å². The van der Waals surface area contributed by atoms with Crippen molar-refractivity contribution in [2.24, 2.45) is 0 Å². The third-order valence-corrected chi connectivity index (χ3v) is 4.95. The molecule has 0 unspecified atom stereocenters. The van der Waals surface area contributed by atoms with Crippen molar-refractivity contribution in [3.05, 3.63) is 64.4 Å². The lowest BCUT2D eigenvalue weighted by Crippen LogP contribution is -2.37. The quantitative estimate of drug-likeness (QED) is 0.789. The Morgan fingerprint density at radius 3 is 2.38 bits per heavy atom. The molecule has 1 N–H and O–H groups in total. The summed E-state index contributed by atoms with van der Waals surface area (Å²) in [5.74, 6) is -1.02. The predicted molar refractivity (Wildman–Crippen MR) is 94.4 cm³/mol. The van der Waals surface area contributed by atoms with Gasteiger partial charge in [0.15, 0.2) is 0 Å². The molecule has 0 aliphatic rings. The van der Waals surface area contributed by atoms with Gasteiger partial charge in [-0.05, 0) is 30.3 Å². The summed E-state index contributed by atoms with van der Waals surface area (Å²) >= 11 is 3.29. The monoisotopic (exact) mass is 414 g/mol. The first kappa shape index (κ1) is 18.6. The third-order valence-electron chi connectivity index (χ3n) is 3.22. The molecule has 24 heavy (non-hydrogen) atoms. The zero-order chi connectivity index (χ0) is 17.7. The zero-order valence-electron chi connectivity index (χ0n) is 12.9. The van der Waals surface area contributed by atoms with Gasteiger partial charge in [0.05, 0.1) is 12.8 Å². The number of hydrogen-bond donors (Lipinski definition) is 1. The molecule has 0 spiro atoms. The molecule has 0 aliphatic carbocycles. The Morgan fingerprint density at radius 1 is 1.17 bits per heavy atom. The molecule has 2 rings (SSSR count). The summed E-state index contributed by atoms with van der Waals surface area (Å²) in [4.78, 5) is 12.1. The van der Waals surface area contributed by atoms with Gasteiger partial charge >= 0.3 is 0 Å². The van der Waals surface area contributed by atoms with Gasteiger partial charge in [0.1, 0.15) is 5.82 Å². The van der Waals surface area contributed by atoms with Crippen LogP contribution >= 0.6 is 15.9 Å². The molecule has 0 heterocycles. The number of benzene rings is 2. The maximum atomic E-state index is 13.7. The van der Waals surface area contributed by atoms with Crippen LogP contribution in [0.15, 0.2) is 53.0 Å². The first-order valence-electron chi connectivity index (χ1n) is 6.99. The number of anilines is 1. The Bertz CT molecular complexity index is 825. The first-order chi connectivity index (χ1) is 11.3. The number of nitrogens with one attached hydrogen (secondary N) is 1. The lowest BCUT2D eigenvalue weighted by Gasteiger charge is -2.20. The minimum atomic E-state index is -3.68. The number of rotatable bonds is 6. The van der Waals surface area contributed by atoms with E-state index >= 15 is 0 Å². The van der Waals surface area contributed by atoms with Gasteiger partial charge < -0.3 is 5.32 Å². The van der Waals surface area contributed by atoms with Crippen LogP contribution in [0.25, 0.3) is 0 Å². The molecule has 0 saturated heterocycles. The number of nitrogens with zero attached hydrogens (tertiary/aromatic N) is 1. The molecule has 0 aliphatic heterocycles. The van der Waals surface area contributed by atoms with Crippen molar-refractivity contribution in [2.75, 3.05) is 18.1 Å². The minimum Gasteiger partial charge on any atom is -0.325 e. The first-order valence-corrected chi connectivity index (χ1v) is 9.64. The fraction of sp³-hybridized carbons (Fsp3) is 0.188. The molecule has 128 valence electrons. The van der Waals surface area contributed by atoms with Crippen molar-refractivity contribution in [3.63, 3.8) is 0 Å². The van der Waals surface area contributed by atoms with Crippen LogP contribution in [-0.2, 0) is 21.4 Å². The average molecular weight is 415 g/mol. The highest BCUT2D eigenvalue weighted by Crippen LogP contribution is 2.15. The summed E-state index contributed by atoms with van der Waals surface area (Å²) in [6.45, 7) is -0.609. The molecule has 0 fully saturated rings. The molecule has 8 heteroatoms. The normalized spacial score (nSPS) is 11.5. The summed E-state index contributed by atoms with van der Waals surface area (Å²) in [5.41, 5.74) is 0.752. The van der Waals surface area contributed by atoms with Crippen molar-refractivity contribution >= 4 is 37.5 Å². The summed E-state index contributed by atoms with van der Waals surface area (Å²) in [7, 11) is -3.68. The largest absolute Gasteiger partial charge is 0.325 e. The Kier molecular flexibility index (Phi) is 6.09. The summed E-state index contributed by atoms with van der Waals surface area (Å²) in [6, 6.07) is 12.7. The molecule has 2 aromatic carbocycles. The molecule has 1 amide bonds. The summed E-state index contributed by atoms with van der Waals surface area (Å²) in [6.07, 6.45) is 0.987. The van der Waals surface area contributed by atoms with Crippen molar-refractivity contribution in [1.82, 2.24) is 4.31 Å². The van der Waals surface area contributed by atoms with Gasteiger partial charge in [0.25, 0.3) is 0 Å².